The molecule has 0 aliphatic carbocycles. The highest BCUT2D eigenvalue weighted by atomic mass is 32.2. The summed E-state index contributed by atoms with van der Waals surface area (Å²) in [5.74, 6) is 0. The molecule has 14 heavy (non-hydrogen) atoms. The largest absolute Gasteiger partial charge is 0.129 e. The molecule has 2 aromatic carbocycles. The number of hydrogen-bond acceptors (Lipinski definition) is 1. The van der Waals surface area contributed by atoms with E-state index in [1.54, 1.807) is 11.8 Å². The lowest BCUT2D eigenvalue weighted by Crippen LogP contribution is -1.79. The molecule has 0 saturated heterocycles. The van der Waals surface area contributed by atoms with Gasteiger partial charge in [0.1, 0.15) is 0 Å². The standard InChI is InChI=1S/C13H10S/c1-14-13-10-6-5-9-12(13)11-7-3-2-4-8-11/h2-3,5-7,9-10H,1H3. The van der Waals surface area contributed by atoms with Crippen molar-refractivity contribution in [3.8, 4) is 11.1 Å². The highest BCUT2D eigenvalue weighted by Gasteiger charge is 2.01. The zero-order valence-electron chi connectivity index (χ0n) is 7.95. The summed E-state index contributed by atoms with van der Waals surface area (Å²) in [7, 11) is 0. The molecule has 0 nitrogen and oxygen atoms in total. The van der Waals surface area contributed by atoms with Crippen LogP contribution in [0.2, 0.25) is 0 Å². The van der Waals surface area contributed by atoms with Gasteiger partial charge in [-0.2, -0.15) is 0 Å². The van der Waals surface area contributed by atoms with Crippen molar-refractivity contribution in [3.05, 3.63) is 54.6 Å². The van der Waals surface area contributed by atoms with Gasteiger partial charge in [-0.15, -0.1) is 11.8 Å². The quantitative estimate of drug-likeness (QED) is 0.663. The summed E-state index contributed by atoms with van der Waals surface area (Å²) in [4.78, 5) is 1.28. The summed E-state index contributed by atoms with van der Waals surface area (Å²) in [6.45, 7) is 0. The second-order valence-electron chi connectivity index (χ2n) is 2.91. The molecular formula is C13H10S. The fourth-order valence-corrected chi connectivity index (χ4v) is 1.99. The molecule has 0 saturated carbocycles. The predicted molar refractivity (Wildman–Crippen MR) is 61.3 cm³/mol. The molecule has 1 heteroatoms. The first-order chi connectivity index (χ1) is 6.92. The fourth-order valence-electron chi connectivity index (χ4n) is 1.38. The van der Waals surface area contributed by atoms with E-state index in [1.165, 1.54) is 10.5 Å². The van der Waals surface area contributed by atoms with Gasteiger partial charge in [-0.25, -0.2) is 0 Å². The molecule has 0 aromatic heterocycles. The molecule has 0 fully saturated rings. The SMILES string of the molecule is CSc1ccccc1-c1c#cccc1. The third-order valence-corrected chi connectivity index (χ3v) is 2.84. The van der Waals surface area contributed by atoms with Crippen LogP contribution in [-0.4, -0.2) is 6.26 Å². The van der Waals surface area contributed by atoms with Gasteiger partial charge >= 0.3 is 0 Å². The molecule has 2 rings (SSSR count). The van der Waals surface area contributed by atoms with Crippen LogP contribution >= 0.6 is 11.8 Å². The predicted octanol–water partition coefficient (Wildman–Crippen LogP) is 3.68. The molecule has 0 N–H and O–H groups in total. The van der Waals surface area contributed by atoms with Gasteiger partial charge in [-0.05, 0) is 24.5 Å². The summed E-state index contributed by atoms with van der Waals surface area (Å²) in [5, 5.41) is 0. The summed E-state index contributed by atoms with van der Waals surface area (Å²) in [5.41, 5.74) is 2.34. The van der Waals surface area contributed by atoms with Crippen LogP contribution in [0.1, 0.15) is 0 Å². The topological polar surface area (TPSA) is 0 Å². The van der Waals surface area contributed by atoms with Crippen LogP contribution in [-0.2, 0) is 0 Å². The Balaban J connectivity index is 2.51. The lowest BCUT2D eigenvalue weighted by Gasteiger charge is -2.04. The summed E-state index contributed by atoms with van der Waals surface area (Å²) < 4.78 is 0. The van der Waals surface area contributed by atoms with Crippen molar-refractivity contribution in [1.29, 1.82) is 0 Å². The van der Waals surface area contributed by atoms with E-state index in [4.69, 9.17) is 0 Å². The van der Waals surface area contributed by atoms with E-state index in [0.717, 1.165) is 5.56 Å². The maximum Gasteiger partial charge on any atom is 0.0332 e. The highest BCUT2D eigenvalue weighted by molar-refractivity contribution is 7.98. The second-order valence-corrected chi connectivity index (χ2v) is 3.76. The maximum atomic E-state index is 3.12. The van der Waals surface area contributed by atoms with E-state index in [-0.39, 0.29) is 0 Å². The molecule has 0 aliphatic heterocycles. The molecular weight excluding hydrogens is 188 g/mol. The van der Waals surface area contributed by atoms with Gasteiger partial charge in [-0.3, -0.25) is 0 Å². The van der Waals surface area contributed by atoms with Crippen molar-refractivity contribution in [1.82, 2.24) is 0 Å². The minimum Gasteiger partial charge on any atom is -0.129 e. The van der Waals surface area contributed by atoms with E-state index in [1.807, 2.05) is 12.1 Å². The van der Waals surface area contributed by atoms with Crippen LogP contribution in [0.3, 0.4) is 0 Å². The Morgan fingerprint density at radius 1 is 1.07 bits per heavy atom. The Morgan fingerprint density at radius 2 is 1.93 bits per heavy atom. The monoisotopic (exact) mass is 198 g/mol. The van der Waals surface area contributed by atoms with Crippen LogP contribution in [0.5, 0.6) is 0 Å². The van der Waals surface area contributed by atoms with E-state index < -0.39 is 0 Å². The van der Waals surface area contributed by atoms with Crippen molar-refractivity contribution < 1.29 is 0 Å². The fraction of sp³-hybridized carbons (Fsp3) is 0.0769. The van der Waals surface area contributed by atoms with Crippen molar-refractivity contribution in [2.75, 3.05) is 6.26 Å². The van der Waals surface area contributed by atoms with E-state index in [9.17, 15) is 0 Å². The van der Waals surface area contributed by atoms with Gasteiger partial charge in [-0.1, -0.05) is 36.4 Å². The normalized spacial score (nSPS) is 9.50. The van der Waals surface area contributed by atoms with Gasteiger partial charge in [0.15, 0.2) is 0 Å². The Labute approximate surface area is 89.0 Å². The van der Waals surface area contributed by atoms with Gasteiger partial charge < -0.3 is 0 Å². The zero-order chi connectivity index (χ0) is 9.80. The minimum absolute atomic E-state index is 1.11. The van der Waals surface area contributed by atoms with Crippen LogP contribution in [0.25, 0.3) is 11.1 Å². The first kappa shape index (κ1) is 9.18. The Kier molecular flexibility index (Phi) is 2.76. The molecule has 0 amide bonds. The molecule has 0 spiro atoms. The van der Waals surface area contributed by atoms with Crippen LogP contribution < -0.4 is 0 Å². The molecule has 2 aromatic rings. The van der Waals surface area contributed by atoms with Crippen molar-refractivity contribution in [2.45, 2.75) is 4.90 Å². The lowest BCUT2D eigenvalue weighted by atomic mass is 10.1. The lowest BCUT2D eigenvalue weighted by molar-refractivity contribution is 1.45. The van der Waals surface area contributed by atoms with Crippen molar-refractivity contribution >= 4 is 11.8 Å². The number of thioether (sulfide) groups is 1. The van der Waals surface area contributed by atoms with Crippen LogP contribution in [0.4, 0.5) is 0 Å². The van der Waals surface area contributed by atoms with Gasteiger partial charge in [0.25, 0.3) is 0 Å². The summed E-state index contributed by atoms with van der Waals surface area (Å²) in [6.07, 6.45) is 2.09. The molecule has 0 bridgehead atoms. The van der Waals surface area contributed by atoms with Crippen LogP contribution in [0.15, 0.2) is 47.4 Å². The summed E-state index contributed by atoms with van der Waals surface area (Å²) in [6, 6.07) is 20.4. The third-order valence-electron chi connectivity index (χ3n) is 2.05. The molecule has 0 heterocycles. The summed E-state index contributed by atoms with van der Waals surface area (Å²) >= 11 is 1.76. The highest BCUT2D eigenvalue weighted by Crippen LogP contribution is 2.28. The van der Waals surface area contributed by atoms with Crippen LogP contribution in [0, 0.1) is 12.1 Å². The molecule has 0 atom stereocenters. The maximum absolute atomic E-state index is 3.12. The van der Waals surface area contributed by atoms with Crippen molar-refractivity contribution in [3.63, 3.8) is 0 Å². The van der Waals surface area contributed by atoms with Gasteiger partial charge in [0.2, 0.25) is 0 Å². The average molecular weight is 198 g/mol. The number of rotatable bonds is 2. The van der Waals surface area contributed by atoms with Gasteiger partial charge in [0.05, 0.1) is 0 Å². The number of hydrogen-bond donors (Lipinski definition) is 0. The Bertz CT molecular complexity index is 407. The first-order valence-corrected chi connectivity index (χ1v) is 5.66. The third kappa shape index (κ3) is 1.76. The Hall–Kier alpha value is -1.39. The average Bonchev–Trinajstić information content (AvgIpc) is 2.30. The van der Waals surface area contributed by atoms with Crippen molar-refractivity contribution in [2.24, 2.45) is 0 Å². The molecule has 68 valence electrons. The zero-order valence-corrected chi connectivity index (χ0v) is 8.77. The van der Waals surface area contributed by atoms with E-state index in [2.05, 4.69) is 48.7 Å². The molecule has 0 radical (unpaired) electrons. The Morgan fingerprint density at radius 3 is 2.64 bits per heavy atom. The number of benzene rings is 1. The molecule has 0 unspecified atom stereocenters. The first-order valence-electron chi connectivity index (χ1n) is 4.43. The second kappa shape index (κ2) is 4.21. The minimum atomic E-state index is 1.11. The van der Waals surface area contributed by atoms with E-state index in [0.29, 0.717) is 0 Å². The smallest absolute Gasteiger partial charge is 0.0332 e. The van der Waals surface area contributed by atoms with E-state index >= 15 is 0 Å². The molecule has 0 aliphatic rings. The van der Waals surface area contributed by atoms with Gasteiger partial charge in [0, 0.05) is 16.0 Å².